The molecule has 1 aromatic heterocycles. The standard InChI is InChI=1S/C25H28N2O2/c1-2-20-21-12-6-7-13-22(21)26-24(20)25(29)27-16-8-11-19(17-27)23(28)15-14-18-9-4-3-5-10-18/h3-7,9-10,12-13,19,26H,2,8,11,14-17H2,1H3. The quantitative estimate of drug-likeness (QED) is 0.660. The Morgan fingerprint density at radius 2 is 1.83 bits per heavy atom. The van der Waals surface area contributed by atoms with E-state index in [9.17, 15) is 9.59 Å². The number of Topliss-reactive ketones (excluding diaryl/α,β-unsaturated/α-hetero) is 1. The van der Waals surface area contributed by atoms with Crippen LogP contribution in [0, 0.1) is 5.92 Å². The van der Waals surface area contributed by atoms with Crippen molar-refractivity contribution in [2.45, 2.75) is 39.0 Å². The molecule has 1 unspecified atom stereocenters. The molecule has 29 heavy (non-hydrogen) atoms. The van der Waals surface area contributed by atoms with Gasteiger partial charge >= 0.3 is 0 Å². The fraction of sp³-hybridized carbons (Fsp3) is 0.360. The van der Waals surface area contributed by atoms with Gasteiger partial charge in [-0.25, -0.2) is 0 Å². The van der Waals surface area contributed by atoms with Gasteiger partial charge in [0.2, 0.25) is 0 Å². The lowest BCUT2D eigenvalue weighted by Crippen LogP contribution is -2.42. The van der Waals surface area contributed by atoms with E-state index in [2.05, 4.69) is 30.1 Å². The summed E-state index contributed by atoms with van der Waals surface area (Å²) in [6.45, 7) is 3.34. The van der Waals surface area contributed by atoms with E-state index < -0.39 is 0 Å². The third kappa shape index (κ3) is 4.12. The number of fused-ring (bicyclic) bond motifs is 1. The van der Waals surface area contributed by atoms with Crippen molar-refractivity contribution in [3.63, 3.8) is 0 Å². The largest absolute Gasteiger partial charge is 0.350 e. The fourth-order valence-electron chi connectivity index (χ4n) is 4.45. The lowest BCUT2D eigenvalue weighted by molar-refractivity contribution is -0.124. The van der Waals surface area contributed by atoms with Gasteiger partial charge in [-0.1, -0.05) is 55.5 Å². The Labute approximate surface area is 171 Å². The number of aromatic amines is 1. The zero-order valence-corrected chi connectivity index (χ0v) is 17.0. The number of H-pyrrole nitrogens is 1. The maximum absolute atomic E-state index is 13.3. The lowest BCUT2D eigenvalue weighted by Gasteiger charge is -2.32. The van der Waals surface area contributed by atoms with Crippen LogP contribution in [-0.2, 0) is 17.6 Å². The first-order valence-electron chi connectivity index (χ1n) is 10.6. The molecule has 0 saturated carbocycles. The number of aryl methyl sites for hydroxylation is 2. The van der Waals surface area contributed by atoms with Gasteiger partial charge in [-0.15, -0.1) is 0 Å². The fourth-order valence-corrected chi connectivity index (χ4v) is 4.45. The Hall–Kier alpha value is -2.88. The van der Waals surface area contributed by atoms with Gasteiger partial charge in [0.15, 0.2) is 0 Å². The summed E-state index contributed by atoms with van der Waals surface area (Å²) in [5.74, 6) is 0.253. The molecule has 4 nitrogen and oxygen atoms in total. The van der Waals surface area contributed by atoms with Crippen molar-refractivity contribution in [2.24, 2.45) is 5.92 Å². The number of ketones is 1. The number of hydrogen-bond donors (Lipinski definition) is 1. The van der Waals surface area contributed by atoms with Crippen molar-refractivity contribution in [2.75, 3.05) is 13.1 Å². The van der Waals surface area contributed by atoms with E-state index >= 15 is 0 Å². The Balaban J connectivity index is 1.45. The first-order chi connectivity index (χ1) is 14.2. The Morgan fingerprint density at radius 3 is 2.62 bits per heavy atom. The second-order valence-electron chi connectivity index (χ2n) is 7.92. The molecule has 2 aromatic carbocycles. The van der Waals surface area contributed by atoms with E-state index in [1.165, 1.54) is 5.56 Å². The lowest BCUT2D eigenvalue weighted by atomic mass is 9.90. The molecule has 1 atom stereocenters. The molecule has 1 saturated heterocycles. The Kier molecular flexibility index (Phi) is 5.79. The summed E-state index contributed by atoms with van der Waals surface area (Å²) >= 11 is 0. The van der Waals surface area contributed by atoms with Gasteiger partial charge in [-0.05, 0) is 42.9 Å². The third-order valence-corrected chi connectivity index (χ3v) is 6.05. The van der Waals surface area contributed by atoms with Crippen LogP contribution in [0.25, 0.3) is 10.9 Å². The highest BCUT2D eigenvalue weighted by molar-refractivity contribution is 6.01. The zero-order valence-electron chi connectivity index (χ0n) is 17.0. The number of carbonyl (C=O) groups is 2. The summed E-state index contributed by atoms with van der Waals surface area (Å²) in [5.41, 5.74) is 3.95. The van der Waals surface area contributed by atoms with Crippen LogP contribution >= 0.6 is 0 Å². The highest BCUT2D eigenvalue weighted by Gasteiger charge is 2.30. The van der Waals surface area contributed by atoms with Crippen LogP contribution in [-0.4, -0.2) is 34.7 Å². The number of nitrogens with zero attached hydrogens (tertiary/aromatic N) is 1. The summed E-state index contributed by atoms with van der Waals surface area (Å²) in [6.07, 6.45) is 3.88. The number of benzene rings is 2. The summed E-state index contributed by atoms with van der Waals surface area (Å²) in [4.78, 5) is 31.3. The van der Waals surface area contributed by atoms with Crippen LogP contribution in [0.2, 0.25) is 0 Å². The van der Waals surface area contributed by atoms with Crippen molar-refractivity contribution >= 4 is 22.6 Å². The van der Waals surface area contributed by atoms with Gasteiger partial charge < -0.3 is 9.88 Å². The highest BCUT2D eigenvalue weighted by atomic mass is 16.2. The molecule has 4 heteroatoms. The molecule has 1 aliphatic heterocycles. The van der Waals surface area contributed by atoms with Crippen molar-refractivity contribution in [3.8, 4) is 0 Å². The predicted molar refractivity (Wildman–Crippen MR) is 116 cm³/mol. The number of nitrogens with one attached hydrogen (secondary N) is 1. The van der Waals surface area contributed by atoms with Crippen molar-refractivity contribution in [1.82, 2.24) is 9.88 Å². The topological polar surface area (TPSA) is 53.2 Å². The van der Waals surface area contributed by atoms with Crippen molar-refractivity contribution in [1.29, 1.82) is 0 Å². The number of carbonyl (C=O) groups excluding carboxylic acids is 2. The molecular weight excluding hydrogens is 360 g/mol. The normalized spacial score (nSPS) is 16.9. The summed E-state index contributed by atoms with van der Waals surface area (Å²) in [5, 5.41) is 1.12. The SMILES string of the molecule is CCc1c(C(=O)N2CCCC(C(=O)CCc3ccccc3)C2)[nH]c2ccccc12. The van der Waals surface area contributed by atoms with E-state index in [1.807, 2.05) is 41.3 Å². The number of hydrogen-bond acceptors (Lipinski definition) is 2. The molecule has 0 aliphatic carbocycles. The molecule has 150 valence electrons. The van der Waals surface area contributed by atoms with Gasteiger partial charge in [0.25, 0.3) is 5.91 Å². The van der Waals surface area contributed by atoms with E-state index in [4.69, 9.17) is 0 Å². The number of amides is 1. The molecule has 2 heterocycles. The second-order valence-corrected chi connectivity index (χ2v) is 7.92. The van der Waals surface area contributed by atoms with Gasteiger partial charge in [0, 0.05) is 36.3 Å². The molecule has 1 N–H and O–H groups in total. The van der Waals surface area contributed by atoms with E-state index in [-0.39, 0.29) is 17.6 Å². The van der Waals surface area contributed by atoms with Crippen LogP contribution < -0.4 is 0 Å². The third-order valence-electron chi connectivity index (χ3n) is 6.05. The molecule has 1 fully saturated rings. The summed E-state index contributed by atoms with van der Waals surface area (Å²) < 4.78 is 0. The van der Waals surface area contributed by atoms with Crippen LogP contribution in [0.3, 0.4) is 0 Å². The van der Waals surface area contributed by atoms with Crippen LogP contribution in [0.5, 0.6) is 0 Å². The first kappa shape index (κ1) is 19.4. The number of rotatable bonds is 6. The minimum absolute atomic E-state index is 0.0265. The smallest absolute Gasteiger partial charge is 0.270 e. The van der Waals surface area contributed by atoms with Gasteiger partial charge in [0.05, 0.1) is 0 Å². The minimum Gasteiger partial charge on any atom is -0.350 e. The summed E-state index contributed by atoms with van der Waals surface area (Å²) in [7, 11) is 0. The Morgan fingerprint density at radius 1 is 1.07 bits per heavy atom. The van der Waals surface area contributed by atoms with Crippen molar-refractivity contribution < 1.29 is 9.59 Å². The van der Waals surface area contributed by atoms with Crippen LogP contribution in [0.1, 0.15) is 47.8 Å². The number of piperidine rings is 1. The average Bonchev–Trinajstić information content (AvgIpc) is 3.16. The first-order valence-corrected chi connectivity index (χ1v) is 10.6. The molecule has 1 aliphatic rings. The van der Waals surface area contributed by atoms with Gasteiger partial charge in [0.1, 0.15) is 11.5 Å². The Bertz CT molecular complexity index is 1010. The molecular formula is C25H28N2O2. The van der Waals surface area contributed by atoms with Crippen LogP contribution in [0.15, 0.2) is 54.6 Å². The highest BCUT2D eigenvalue weighted by Crippen LogP contribution is 2.26. The van der Waals surface area contributed by atoms with E-state index in [0.717, 1.165) is 48.7 Å². The minimum atomic E-state index is -0.0501. The second kappa shape index (κ2) is 8.64. The molecule has 4 rings (SSSR count). The molecule has 0 radical (unpaired) electrons. The average molecular weight is 389 g/mol. The van der Waals surface area contributed by atoms with Crippen molar-refractivity contribution in [3.05, 3.63) is 71.4 Å². The molecule has 1 amide bonds. The van der Waals surface area contributed by atoms with E-state index in [0.29, 0.717) is 18.7 Å². The van der Waals surface area contributed by atoms with Gasteiger partial charge in [-0.3, -0.25) is 9.59 Å². The van der Waals surface area contributed by atoms with E-state index in [1.54, 1.807) is 0 Å². The van der Waals surface area contributed by atoms with Crippen LogP contribution in [0.4, 0.5) is 0 Å². The molecule has 0 bridgehead atoms. The monoisotopic (exact) mass is 388 g/mol. The maximum Gasteiger partial charge on any atom is 0.270 e. The summed E-state index contributed by atoms with van der Waals surface area (Å²) in [6, 6.07) is 18.2. The predicted octanol–water partition coefficient (Wildman–Crippen LogP) is 4.78. The number of aromatic nitrogens is 1. The van der Waals surface area contributed by atoms with Gasteiger partial charge in [-0.2, -0.15) is 0 Å². The molecule has 0 spiro atoms. The number of para-hydroxylation sites is 1. The maximum atomic E-state index is 13.3. The molecule has 3 aromatic rings. The number of likely N-dealkylation sites (tertiary alicyclic amines) is 1. The zero-order chi connectivity index (χ0) is 20.2.